The minimum atomic E-state index is -0.0844. The van der Waals surface area contributed by atoms with E-state index in [0.29, 0.717) is 5.57 Å². The van der Waals surface area contributed by atoms with Crippen molar-refractivity contribution >= 4 is 17.7 Å². The predicted octanol–water partition coefficient (Wildman–Crippen LogP) is 5.78. The second kappa shape index (κ2) is 10.1. The zero-order valence-corrected chi connectivity index (χ0v) is 21.1. The van der Waals surface area contributed by atoms with Crippen molar-refractivity contribution in [1.82, 2.24) is 10.6 Å². The summed E-state index contributed by atoms with van der Waals surface area (Å²) in [4.78, 5) is 17.3. The molecule has 0 aliphatic carbocycles. The molecule has 4 heteroatoms. The molecule has 0 saturated carbocycles. The second-order valence-electron chi connectivity index (χ2n) is 10.6. The predicted molar refractivity (Wildman–Crippen MR) is 142 cm³/mol. The Balaban J connectivity index is 1.52. The van der Waals surface area contributed by atoms with E-state index in [9.17, 15) is 4.79 Å². The number of benzene rings is 2. The monoisotopic (exact) mass is 455 g/mol. The van der Waals surface area contributed by atoms with Crippen molar-refractivity contribution in [2.75, 3.05) is 13.1 Å². The van der Waals surface area contributed by atoms with Gasteiger partial charge in [-0.2, -0.15) is 0 Å². The van der Waals surface area contributed by atoms with Gasteiger partial charge in [0.1, 0.15) is 0 Å². The summed E-state index contributed by atoms with van der Waals surface area (Å²) in [7, 11) is 0. The van der Waals surface area contributed by atoms with Crippen molar-refractivity contribution in [3.05, 3.63) is 88.0 Å². The van der Waals surface area contributed by atoms with Gasteiger partial charge in [0.25, 0.3) is 5.91 Å². The summed E-state index contributed by atoms with van der Waals surface area (Å²) in [5, 5.41) is 6.61. The van der Waals surface area contributed by atoms with Crippen LogP contribution < -0.4 is 10.6 Å². The van der Waals surface area contributed by atoms with Gasteiger partial charge in [-0.25, -0.2) is 0 Å². The van der Waals surface area contributed by atoms with Crippen LogP contribution in [0.15, 0.2) is 70.7 Å². The van der Waals surface area contributed by atoms with E-state index in [1.165, 1.54) is 27.8 Å². The molecule has 2 heterocycles. The number of aliphatic imine (C=N–C) groups is 1. The number of piperidine rings is 1. The molecule has 0 spiro atoms. The Bertz CT molecular complexity index is 1110. The van der Waals surface area contributed by atoms with Crippen LogP contribution in [0.3, 0.4) is 0 Å². The molecule has 4 rings (SSSR count). The molecule has 4 nitrogen and oxygen atoms in total. The standard InChI is InChI=1S/C30H37N3O/c1-20-6-8-23(9-7-20)28(25-14-16-31-17-15-25)24-12-10-22(11-13-24)21(2)33-29(34)26-18-27(32-19-26)30(3,4)5/h6-13,18-19,21,27,31H,14-17H2,1-5H3,(H,33,34)/t21-,27?/m1/s1. The summed E-state index contributed by atoms with van der Waals surface area (Å²) < 4.78 is 0. The maximum atomic E-state index is 12.8. The van der Waals surface area contributed by atoms with Gasteiger partial charge >= 0.3 is 0 Å². The molecular formula is C30H37N3O. The van der Waals surface area contributed by atoms with E-state index in [-0.39, 0.29) is 23.4 Å². The molecule has 0 radical (unpaired) electrons. The number of nitrogens with zero attached hydrogens (tertiary/aromatic N) is 1. The van der Waals surface area contributed by atoms with Crippen molar-refractivity contribution in [1.29, 1.82) is 0 Å². The summed E-state index contributed by atoms with van der Waals surface area (Å²) in [5.41, 5.74) is 8.41. The van der Waals surface area contributed by atoms with Crippen LogP contribution in [0.4, 0.5) is 0 Å². The first-order chi connectivity index (χ1) is 16.2. The van der Waals surface area contributed by atoms with Crippen LogP contribution >= 0.6 is 0 Å². The zero-order valence-electron chi connectivity index (χ0n) is 21.1. The molecule has 0 aromatic heterocycles. The van der Waals surface area contributed by atoms with Gasteiger partial charge in [-0.1, -0.05) is 80.4 Å². The number of hydrogen-bond donors (Lipinski definition) is 2. The Morgan fingerprint density at radius 2 is 1.59 bits per heavy atom. The maximum absolute atomic E-state index is 12.8. The number of carbonyl (C=O) groups excluding carboxylic acids is 1. The lowest BCUT2D eigenvalue weighted by Crippen LogP contribution is -2.28. The first-order valence-electron chi connectivity index (χ1n) is 12.4. The van der Waals surface area contributed by atoms with Crippen LogP contribution in [0.5, 0.6) is 0 Å². The molecule has 1 fully saturated rings. The highest BCUT2D eigenvalue weighted by molar-refractivity contribution is 6.13. The first-order valence-corrected chi connectivity index (χ1v) is 12.4. The quantitative estimate of drug-likeness (QED) is 0.600. The summed E-state index contributed by atoms with van der Waals surface area (Å²) in [6, 6.07) is 17.5. The number of rotatable bonds is 5. The van der Waals surface area contributed by atoms with Gasteiger partial charge in [0, 0.05) is 6.21 Å². The summed E-state index contributed by atoms with van der Waals surface area (Å²) in [6.45, 7) is 12.6. The zero-order chi connectivity index (χ0) is 24.3. The van der Waals surface area contributed by atoms with E-state index in [0.717, 1.165) is 31.5 Å². The summed E-state index contributed by atoms with van der Waals surface area (Å²) in [6.07, 6.45) is 5.83. The Kier molecular flexibility index (Phi) is 7.18. The molecule has 1 amide bonds. The Hall–Kier alpha value is -2.98. The Morgan fingerprint density at radius 3 is 2.15 bits per heavy atom. The molecule has 178 valence electrons. The van der Waals surface area contributed by atoms with Crippen LogP contribution in [0.1, 0.15) is 68.8 Å². The Morgan fingerprint density at radius 1 is 1.00 bits per heavy atom. The van der Waals surface area contributed by atoms with Gasteiger partial charge in [0.15, 0.2) is 0 Å². The van der Waals surface area contributed by atoms with Crippen LogP contribution in [0, 0.1) is 12.3 Å². The molecule has 2 aliphatic heterocycles. The minimum Gasteiger partial charge on any atom is -0.345 e. The highest BCUT2D eigenvalue weighted by Gasteiger charge is 2.27. The van der Waals surface area contributed by atoms with Gasteiger partial charge in [0.05, 0.1) is 17.7 Å². The SMILES string of the molecule is Cc1ccc(C(=C2CCNCC2)c2ccc([C@@H](C)NC(=O)C3=CC(C(C)(C)C)N=C3)cc2)cc1. The van der Waals surface area contributed by atoms with E-state index < -0.39 is 0 Å². The van der Waals surface area contributed by atoms with Gasteiger partial charge in [-0.05, 0) is 73.5 Å². The lowest BCUT2D eigenvalue weighted by Gasteiger charge is -2.22. The third-order valence-corrected chi connectivity index (χ3v) is 6.81. The Labute approximate surface area is 204 Å². The van der Waals surface area contributed by atoms with Crippen LogP contribution in [-0.4, -0.2) is 31.3 Å². The largest absolute Gasteiger partial charge is 0.345 e. The first kappa shape index (κ1) is 24.2. The maximum Gasteiger partial charge on any atom is 0.253 e. The lowest BCUT2D eigenvalue weighted by molar-refractivity contribution is -0.117. The van der Waals surface area contributed by atoms with Gasteiger partial charge < -0.3 is 10.6 Å². The van der Waals surface area contributed by atoms with Crippen LogP contribution in [-0.2, 0) is 4.79 Å². The summed E-state index contributed by atoms with van der Waals surface area (Å²) >= 11 is 0. The number of nitrogens with one attached hydrogen (secondary N) is 2. The molecule has 2 aromatic rings. The fourth-order valence-electron chi connectivity index (χ4n) is 4.60. The average Bonchev–Trinajstić information content (AvgIpc) is 3.33. The van der Waals surface area contributed by atoms with Crippen molar-refractivity contribution in [2.45, 2.75) is 59.5 Å². The third-order valence-electron chi connectivity index (χ3n) is 6.81. The average molecular weight is 456 g/mol. The summed E-state index contributed by atoms with van der Waals surface area (Å²) in [5.74, 6) is -0.0655. The molecule has 0 bridgehead atoms. The van der Waals surface area contributed by atoms with E-state index in [1.54, 1.807) is 6.21 Å². The van der Waals surface area contributed by atoms with Crippen molar-refractivity contribution in [3.63, 3.8) is 0 Å². The fraction of sp³-hybridized carbons (Fsp3) is 0.400. The molecule has 2 aliphatic rings. The molecular weight excluding hydrogens is 418 g/mol. The lowest BCUT2D eigenvalue weighted by atomic mass is 9.87. The van der Waals surface area contributed by atoms with E-state index in [4.69, 9.17) is 0 Å². The number of carbonyl (C=O) groups is 1. The molecule has 1 unspecified atom stereocenters. The van der Waals surface area contributed by atoms with Crippen molar-refractivity contribution in [2.24, 2.45) is 10.4 Å². The molecule has 2 aromatic carbocycles. The minimum absolute atomic E-state index is 0.0119. The fourth-order valence-corrected chi connectivity index (χ4v) is 4.60. The van der Waals surface area contributed by atoms with E-state index >= 15 is 0 Å². The van der Waals surface area contributed by atoms with E-state index in [1.807, 2.05) is 13.0 Å². The topological polar surface area (TPSA) is 53.5 Å². The number of hydrogen-bond acceptors (Lipinski definition) is 3. The number of aryl methyl sites for hydroxylation is 1. The van der Waals surface area contributed by atoms with E-state index in [2.05, 4.69) is 91.9 Å². The molecule has 2 N–H and O–H groups in total. The molecule has 34 heavy (non-hydrogen) atoms. The second-order valence-corrected chi connectivity index (χ2v) is 10.6. The van der Waals surface area contributed by atoms with Crippen molar-refractivity contribution < 1.29 is 4.79 Å². The van der Waals surface area contributed by atoms with Gasteiger partial charge in [-0.3, -0.25) is 9.79 Å². The van der Waals surface area contributed by atoms with Crippen LogP contribution in [0.25, 0.3) is 5.57 Å². The van der Waals surface area contributed by atoms with Crippen molar-refractivity contribution in [3.8, 4) is 0 Å². The normalized spacial score (nSPS) is 19.0. The number of amides is 1. The highest BCUT2D eigenvalue weighted by Crippen LogP contribution is 2.32. The molecule has 2 atom stereocenters. The van der Waals surface area contributed by atoms with Gasteiger partial charge in [0.2, 0.25) is 0 Å². The highest BCUT2D eigenvalue weighted by atomic mass is 16.1. The van der Waals surface area contributed by atoms with Gasteiger partial charge in [-0.15, -0.1) is 0 Å². The smallest absolute Gasteiger partial charge is 0.253 e. The third kappa shape index (κ3) is 5.56. The van der Waals surface area contributed by atoms with Crippen LogP contribution in [0.2, 0.25) is 0 Å². The molecule has 1 saturated heterocycles.